The number of nitrogens with zero attached hydrogens (tertiary/aromatic N) is 3. The van der Waals surface area contributed by atoms with Crippen molar-refractivity contribution in [2.45, 2.75) is 27.3 Å². The second-order valence-corrected chi connectivity index (χ2v) is 5.97. The first-order valence-corrected chi connectivity index (χ1v) is 7.68. The van der Waals surface area contributed by atoms with Crippen molar-refractivity contribution in [3.8, 4) is 0 Å². The Labute approximate surface area is 126 Å². The zero-order chi connectivity index (χ0) is 14.8. The van der Waals surface area contributed by atoms with Crippen LogP contribution in [0.1, 0.15) is 22.5 Å². The maximum atomic E-state index is 4.31. The first-order valence-electron chi connectivity index (χ1n) is 7.68. The quantitative estimate of drug-likeness (QED) is 0.941. The molecule has 0 spiro atoms. The van der Waals surface area contributed by atoms with Crippen molar-refractivity contribution >= 4 is 5.69 Å². The number of nitrogens with one attached hydrogen (secondary N) is 1. The summed E-state index contributed by atoms with van der Waals surface area (Å²) < 4.78 is 0. The summed E-state index contributed by atoms with van der Waals surface area (Å²) in [7, 11) is 0. The fourth-order valence-corrected chi connectivity index (χ4v) is 3.17. The highest BCUT2D eigenvalue weighted by Crippen LogP contribution is 2.23. The number of hydrogen-bond donors (Lipinski definition) is 1. The second kappa shape index (κ2) is 5.90. The Bertz CT molecular complexity index is 590. The topological polar surface area (TPSA) is 35.2 Å². The Morgan fingerprint density at radius 1 is 1.05 bits per heavy atom. The Morgan fingerprint density at radius 2 is 1.76 bits per heavy atom. The summed E-state index contributed by atoms with van der Waals surface area (Å²) in [5.74, 6) is 0. The van der Waals surface area contributed by atoms with Crippen molar-refractivity contribution in [2.75, 3.05) is 31.1 Å². The highest BCUT2D eigenvalue weighted by Gasteiger charge is 2.21. The van der Waals surface area contributed by atoms with E-state index in [0.29, 0.717) is 0 Å². The van der Waals surface area contributed by atoms with Gasteiger partial charge < -0.3 is 4.90 Å². The van der Waals surface area contributed by atoms with Gasteiger partial charge >= 0.3 is 0 Å². The molecule has 1 aliphatic rings. The molecule has 2 aromatic rings. The van der Waals surface area contributed by atoms with Crippen LogP contribution in [-0.4, -0.2) is 41.3 Å². The molecule has 0 bridgehead atoms. The van der Waals surface area contributed by atoms with E-state index in [-0.39, 0.29) is 0 Å². The van der Waals surface area contributed by atoms with Gasteiger partial charge in [-0.15, -0.1) is 0 Å². The van der Waals surface area contributed by atoms with Crippen LogP contribution >= 0.6 is 0 Å². The van der Waals surface area contributed by atoms with Crippen molar-refractivity contribution < 1.29 is 0 Å². The van der Waals surface area contributed by atoms with Gasteiger partial charge in [0.25, 0.3) is 0 Å². The van der Waals surface area contributed by atoms with E-state index in [9.17, 15) is 0 Å². The molecule has 0 aliphatic carbocycles. The summed E-state index contributed by atoms with van der Waals surface area (Å²) in [6, 6.07) is 8.69. The molecule has 4 heteroatoms. The first kappa shape index (κ1) is 14.1. The van der Waals surface area contributed by atoms with Crippen molar-refractivity contribution in [1.82, 2.24) is 15.1 Å². The molecule has 21 heavy (non-hydrogen) atoms. The van der Waals surface area contributed by atoms with Gasteiger partial charge in [-0.25, -0.2) is 0 Å². The minimum absolute atomic E-state index is 1.06. The maximum absolute atomic E-state index is 4.31. The number of aryl methyl sites for hydroxylation is 3. The number of hydrogen-bond acceptors (Lipinski definition) is 3. The lowest BCUT2D eigenvalue weighted by molar-refractivity contribution is 0.249. The maximum Gasteiger partial charge on any atom is 0.0827 e. The minimum Gasteiger partial charge on any atom is -0.366 e. The van der Waals surface area contributed by atoms with E-state index in [1.807, 2.05) is 0 Å². The number of benzene rings is 1. The highest BCUT2D eigenvalue weighted by atomic mass is 15.3. The zero-order valence-corrected chi connectivity index (χ0v) is 13.2. The number of aromatic amines is 1. The number of anilines is 1. The Morgan fingerprint density at radius 3 is 2.38 bits per heavy atom. The van der Waals surface area contributed by atoms with E-state index >= 15 is 0 Å². The van der Waals surface area contributed by atoms with Crippen molar-refractivity contribution in [3.63, 3.8) is 0 Å². The fraction of sp³-hybridized carbons (Fsp3) is 0.471. The number of aromatic nitrogens is 2. The number of H-pyrrole nitrogens is 1. The SMILES string of the molecule is Cc1ccccc1CN1CCN(c2c(C)n[nH]c2C)CC1. The lowest BCUT2D eigenvalue weighted by Gasteiger charge is -2.36. The smallest absolute Gasteiger partial charge is 0.0827 e. The van der Waals surface area contributed by atoms with Gasteiger partial charge in [0.2, 0.25) is 0 Å². The predicted octanol–water partition coefficient (Wildman–Crippen LogP) is 2.66. The van der Waals surface area contributed by atoms with Gasteiger partial charge in [-0.05, 0) is 31.9 Å². The molecule has 1 N–H and O–H groups in total. The summed E-state index contributed by atoms with van der Waals surface area (Å²) >= 11 is 0. The molecule has 2 heterocycles. The molecule has 1 aliphatic heterocycles. The third-order valence-corrected chi connectivity index (χ3v) is 4.43. The number of rotatable bonds is 3. The van der Waals surface area contributed by atoms with Gasteiger partial charge in [0.1, 0.15) is 0 Å². The van der Waals surface area contributed by atoms with Crippen molar-refractivity contribution in [2.24, 2.45) is 0 Å². The average molecular weight is 284 g/mol. The molecular weight excluding hydrogens is 260 g/mol. The van der Waals surface area contributed by atoms with Gasteiger partial charge in [0.15, 0.2) is 0 Å². The Kier molecular flexibility index (Phi) is 3.97. The van der Waals surface area contributed by atoms with Crippen LogP contribution in [0.2, 0.25) is 0 Å². The van der Waals surface area contributed by atoms with E-state index in [0.717, 1.165) is 38.4 Å². The van der Waals surface area contributed by atoms with Gasteiger partial charge in [0, 0.05) is 32.7 Å². The molecule has 3 rings (SSSR count). The average Bonchev–Trinajstić information content (AvgIpc) is 2.82. The summed E-state index contributed by atoms with van der Waals surface area (Å²) in [6.45, 7) is 11.8. The van der Waals surface area contributed by atoms with E-state index in [1.165, 1.54) is 22.5 Å². The number of piperazine rings is 1. The molecule has 1 aromatic heterocycles. The van der Waals surface area contributed by atoms with Gasteiger partial charge in [-0.3, -0.25) is 10.00 Å². The lowest BCUT2D eigenvalue weighted by Crippen LogP contribution is -2.46. The molecule has 0 atom stereocenters. The normalized spacial score (nSPS) is 16.4. The van der Waals surface area contributed by atoms with E-state index < -0.39 is 0 Å². The molecule has 112 valence electrons. The molecule has 0 radical (unpaired) electrons. The largest absolute Gasteiger partial charge is 0.366 e. The predicted molar refractivity (Wildman–Crippen MR) is 86.7 cm³/mol. The molecular formula is C17H24N4. The Hall–Kier alpha value is -1.81. The monoisotopic (exact) mass is 284 g/mol. The van der Waals surface area contributed by atoms with Gasteiger partial charge in [-0.2, -0.15) is 5.10 Å². The third kappa shape index (κ3) is 2.95. The standard InChI is InChI=1S/C17H24N4/c1-13-6-4-5-7-16(13)12-20-8-10-21(11-9-20)17-14(2)18-19-15(17)3/h4-7H,8-12H2,1-3H3,(H,18,19). The van der Waals surface area contributed by atoms with Gasteiger partial charge in [0.05, 0.1) is 17.1 Å². The second-order valence-electron chi connectivity index (χ2n) is 5.97. The van der Waals surface area contributed by atoms with Crippen LogP contribution in [0.3, 0.4) is 0 Å². The van der Waals surface area contributed by atoms with Crippen LogP contribution in [0, 0.1) is 20.8 Å². The van der Waals surface area contributed by atoms with E-state index in [1.54, 1.807) is 0 Å². The summed E-state index contributed by atoms with van der Waals surface area (Å²) in [5.41, 5.74) is 6.42. The summed E-state index contributed by atoms with van der Waals surface area (Å²) in [4.78, 5) is 5.01. The summed E-state index contributed by atoms with van der Waals surface area (Å²) in [6.07, 6.45) is 0. The molecule has 0 saturated carbocycles. The van der Waals surface area contributed by atoms with E-state index in [2.05, 4.69) is 65.0 Å². The molecule has 0 amide bonds. The minimum atomic E-state index is 1.06. The fourth-order valence-electron chi connectivity index (χ4n) is 3.17. The van der Waals surface area contributed by atoms with Crippen molar-refractivity contribution in [1.29, 1.82) is 0 Å². The van der Waals surface area contributed by atoms with Crippen LogP contribution in [0.5, 0.6) is 0 Å². The van der Waals surface area contributed by atoms with E-state index in [4.69, 9.17) is 0 Å². The van der Waals surface area contributed by atoms with Crippen LogP contribution in [-0.2, 0) is 6.54 Å². The van der Waals surface area contributed by atoms with Crippen molar-refractivity contribution in [3.05, 3.63) is 46.8 Å². The van der Waals surface area contributed by atoms with Crippen LogP contribution in [0.25, 0.3) is 0 Å². The molecule has 0 unspecified atom stereocenters. The highest BCUT2D eigenvalue weighted by molar-refractivity contribution is 5.54. The summed E-state index contributed by atoms with van der Waals surface area (Å²) in [5, 5.41) is 7.40. The third-order valence-electron chi connectivity index (χ3n) is 4.43. The van der Waals surface area contributed by atoms with Gasteiger partial charge in [-0.1, -0.05) is 24.3 Å². The van der Waals surface area contributed by atoms with Crippen LogP contribution < -0.4 is 4.90 Å². The van der Waals surface area contributed by atoms with Crippen LogP contribution in [0.15, 0.2) is 24.3 Å². The first-order chi connectivity index (χ1) is 10.1. The molecule has 1 aromatic carbocycles. The molecule has 1 fully saturated rings. The molecule has 1 saturated heterocycles. The Balaban J connectivity index is 1.62. The zero-order valence-electron chi connectivity index (χ0n) is 13.2. The molecule has 4 nitrogen and oxygen atoms in total. The lowest BCUT2D eigenvalue weighted by atomic mass is 10.1. The van der Waals surface area contributed by atoms with Crippen LogP contribution in [0.4, 0.5) is 5.69 Å².